The number of aromatic nitrogens is 4. The lowest BCUT2D eigenvalue weighted by Crippen LogP contribution is -2.48. The van der Waals surface area contributed by atoms with Gasteiger partial charge in [0.2, 0.25) is 23.6 Å². The van der Waals surface area contributed by atoms with Crippen LogP contribution in [0.3, 0.4) is 0 Å². The first-order valence-corrected chi connectivity index (χ1v) is 23.7. The molecule has 20 nitrogen and oxygen atoms in total. The fourth-order valence-electron chi connectivity index (χ4n) is 9.26. The van der Waals surface area contributed by atoms with Gasteiger partial charge in [-0.15, -0.1) is 0 Å². The highest BCUT2D eigenvalue weighted by Crippen LogP contribution is 2.42. The summed E-state index contributed by atoms with van der Waals surface area (Å²) in [4.78, 5) is 67.4. The summed E-state index contributed by atoms with van der Waals surface area (Å²) in [6.45, 7) is 8.95. The zero-order valence-electron chi connectivity index (χ0n) is 40.6. The first kappa shape index (κ1) is 50.5. The van der Waals surface area contributed by atoms with Crippen molar-refractivity contribution in [1.82, 2.24) is 29.7 Å². The number of rotatable bonds is 6. The smallest absolute Gasteiger partial charge is 0.413 e. The van der Waals surface area contributed by atoms with E-state index in [1.807, 2.05) is 13.8 Å². The number of likely N-dealkylation sites (tertiary alicyclic amines) is 2. The Balaban J connectivity index is 0.000000182. The molecule has 0 unspecified atom stereocenters. The van der Waals surface area contributed by atoms with E-state index in [1.54, 1.807) is 12.1 Å². The number of nitrogens with two attached hydrogens (primary N) is 2. The number of alkyl halides is 2. The summed E-state index contributed by atoms with van der Waals surface area (Å²) in [5, 5.41) is 13.2. The Morgan fingerprint density at radius 3 is 1.42 bits per heavy atom. The minimum atomic E-state index is -1.49. The lowest BCUT2D eigenvalue weighted by Gasteiger charge is -2.33. The number of hydrogen-bond donors (Lipinski definition) is 6. The predicted octanol–water partition coefficient (Wildman–Crippen LogP) is 7.28. The molecule has 4 amide bonds. The Kier molecular flexibility index (Phi) is 14.3. The normalized spacial score (nSPS) is 19.0. The number of nitrogens with zero attached hydrogens (tertiary/aromatic N) is 6. The van der Waals surface area contributed by atoms with Gasteiger partial charge in [-0.05, 0) is 60.0 Å². The van der Waals surface area contributed by atoms with Crippen molar-refractivity contribution in [3.05, 3.63) is 71.8 Å². The molecule has 4 atom stereocenters. The fourth-order valence-corrected chi connectivity index (χ4v) is 9.26. The van der Waals surface area contributed by atoms with Crippen LogP contribution in [-0.2, 0) is 19.1 Å². The summed E-state index contributed by atoms with van der Waals surface area (Å²) < 4.78 is 81.1. The van der Waals surface area contributed by atoms with Crippen molar-refractivity contribution in [3.8, 4) is 34.0 Å². The maximum Gasteiger partial charge on any atom is 0.413 e. The number of fused-ring (bicyclic) bond motifs is 4. The molecular weight excluding hydrogens is 973 g/mol. The highest BCUT2D eigenvalue weighted by Gasteiger charge is 2.35. The molecular formula is C50H52F4N12O8. The molecule has 2 aromatic carbocycles. The number of piperidine rings is 2. The van der Waals surface area contributed by atoms with Gasteiger partial charge < -0.3 is 50.8 Å². The third-order valence-corrected chi connectivity index (χ3v) is 13.3. The number of halogens is 4. The van der Waals surface area contributed by atoms with E-state index >= 15 is 8.78 Å². The van der Waals surface area contributed by atoms with Gasteiger partial charge in [-0.3, -0.25) is 20.2 Å². The third kappa shape index (κ3) is 10.3. The van der Waals surface area contributed by atoms with Gasteiger partial charge in [0.05, 0.1) is 24.5 Å². The van der Waals surface area contributed by atoms with E-state index in [2.05, 4.69) is 41.2 Å². The minimum absolute atomic E-state index is 0.0899. The van der Waals surface area contributed by atoms with Crippen molar-refractivity contribution in [2.75, 3.05) is 85.2 Å². The number of nitrogen functional groups attached to an aromatic ring is 2. The molecule has 0 radical (unpaired) electrons. The summed E-state index contributed by atoms with van der Waals surface area (Å²) in [6.07, 6.45) is -0.570. The Morgan fingerprint density at radius 2 is 1.04 bits per heavy atom. The van der Waals surface area contributed by atoms with Crippen LogP contribution in [0, 0.1) is 25.5 Å². The zero-order valence-corrected chi connectivity index (χ0v) is 40.6. The summed E-state index contributed by atoms with van der Waals surface area (Å²) in [7, 11) is 0. The fraction of sp³-hybridized carbons (Fsp3) is 0.360. The zero-order chi connectivity index (χ0) is 52.5. The second kappa shape index (κ2) is 21.0. The highest BCUT2D eigenvalue weighted by atomic mass is 19.1. The number of benzene rings is 2. The maximum absolute atomic E-state index is 15.3. The first-order valence-electron chi connectivity index (χ1n) is 23.7. The Labute approximate surface area is 420 Å². The number of ether oxygens (including phenoxy) is 4. The van der Waals surface area contributed by atoms with E-state index in [9.17, 15) is 28.0 Å². The van der Waals surface area contributed by atoms with Crippen LogP contribution in [0.1, 0.15) is 37.8 Å². The number of carbonyl (C=O) groups excluding carboxylic acids is 4. The quantitative estimate of drug-likeness (QED) is 0.0707. The highest BCUT2D eigenvalue weighted by molar-refractivity contribution is 6.01. The van der Waals surface area contributed by atoms with Crippen LogP contribution in [0.25, 0.3) is 43.8 Å². The average Bonchev–Trinajstić information content (AvgIpc) is 3.38. The lowest BCUT2D eigenvalue weighted by atomic mass is 9.97. The summed E-state index contributed by atoms with van der Waals surface area (Å²) in [6, 6.07) is 6.27. The Hall–Kier alpha value is -8.44. The van der Waals surface area contributed by atoms with Crippen LogP contribution in [-0.4, -0.2) is 131 Å². The molecule has 10 rings (SSSR count). The molecule has 8 heterocycles. The molecule has 4 aliphatic heterocycles. The van der Waals surface area contributed by atoms with Crippen LogP contribution in [0.15, 0.2) is 49.1 Å². The molecule has 2 saturated heterocycles. The first-order chi connectivity index (χ1) is 35.4. The molecule has 0 saturated carbocycles. The molecule has 24 heteroatoms. The molecule has 0 spiro atoms. The Bertz CT molecular complexity index is 3010. The number of anilines is 6. The second-order valence-electron chi connectivity index (χ2n) is 18.1. The van der Waals surface area contributed by atoms with E-state index in [1.165, 1.54) is 60.6 Å². The number of amides is 4. The van der Waals surface area contributed by atoms with Crippen LogP contribution in [0.5, 0.6) is 11.8 Å². The van der Waals surface area contributed by atoms with E-state index < -0.39 is 48.4 Å². The SMILES string of the molecule is CC(=O)N1CC[C@@H](OC(=O)Nc2cc3cc(-c4cnc5c(c4C)NCCO5)c(F)c(N)c3cn2)[C@@H](F)C1.CC(=O)N1CC[C@H](OC(=O)Nc2cc3cc(-c4cnc5c(c4C)NCCO5)c(F)c(N)c3cn2)[C@H](F)C1. The standard InChI is InChI=1S/2C25H26F2N6O4/c2*1-12-16(9-31-24-23(12)29-4-6-36-24)15-7-14-8-20(30-10-17(14)22(28)21(15)27)32-25(35)37-19-3-5-33(13(2)34)11-18(19)26/h2*7-10,18-19,29H,3-6,11,28H2,1-2H3,(H,30,32,35)/t2*18-,19+/m10/s1. The summed E-state index contributed by atoms with van der Waals surface area (Å²) >= 11 is 0. The molecule has 6 aromatic rings. The van der Waals surface area contributed by atoms with E-state index in [0.717, 1.165) is 11.1 Å². The van der Waals surface area contributed by atoms with Gasteiger partial charge >= 0.3 is 12.2 Å². The monoisotopic (exact) mass is 1020 g/mol. The average molecular weight is 1030 g/mol. The van der Waals surface area contributed by atoms with Crippen molar-refractivity contribution in [2.45, 2.75) is 65.1 Å². The van der Waals surface area contributed by atoms with Crippen LogP contribution in [0.2, 0.25) is 0 Å². The van der Waals surface area contributed by atoms with Crippen LogP contribution in [0.4, 0.5) is 61.5 Å². The van der Waals surface area contributed by atoms with Gasteiger partial charge in [0.25, 0.3) is 0 Å². The van der Waals surface area contributed by atoms with Gasteiger partial charge in [0.1, 0.15) is 48.4 Å². The van der Waals surface area contributed by atoms with Crippen molar-refractivity contribution >= 4 is 79.9 Å². The largest absolute Gasteiger partial charge is 0.474 e. The number of carbonyl (C=O) groups is 4. The van der Waals surface area contributed by atoms with E-state index in [4.69, 9.17) is 30.4 Å². The van der Waals surface area contributed by atoms with Crippen molar-refractivity contribution in [3.63, 3.8) is 0 Å². The molecule has 74 heavy (non-hydrogen) atoms. The predicted molar refractivity (Wildman–Crippen MR) is 267 cm³/mol. The third-order valence-electron chi connectivity index (χ3n) is 13.3. The minimum Gasteiger partial charge on any atom is -0.474 e. The summed E-state index contributed by atoms with van der Waals surface area (Å²) in [5.74, 6) is -0.512. The maximum atomic E-state index is 15.3. The molecule has 4 aliphatic rings. The topological polar surface area (TPSA) is 263 Å². The van der Waals surface area contributed by atoms with Gasteiger partial charge in [0, 0.05) is 111 Å². The van der Waals surface area contributed by atoms with Crippen molar-refractivity contribution in [1.29, 1.82) is 0 Å². The van der Waals surface area contributed by atoms with Crippen LogP contribution >= 0.6 is 0 Å². The molecule has 0 aliphatic carbocycles. The van der Waals surface area contributed by atoms with Gasteiger partial charge in [-0.2, -0.15) is 0 Å². The van der Waals surface area contributed by atoms with Gasteiger partial charge in [-0.25, -0.2) is 47.1 Å². The molecule has 388 valence electrons. The van der Waals surface area contributed by atoms with E-state index in [0.29, 0.717) is 95.2 Å². The van der Waals surface area contributed by atoms with Gasteiger partial charge in [0.15, 0.2) is 24.0 Å². The van der Waals surface area contributed by atoms with Crippen LogP contribution < -0.4 is 42.2 Å². The second-order valence-corrected chi connectivity index (χ2v) is 18.1. The van der Waals surface area contributed by atoms with E-state index in [-0.39, 0.29) is 71.9 Å². The number of nitrogens with one attached hydrogen (secondary N) is 4. The number of hydrogen-bond acceptors (Lipinski definition) is 16. The summed E-state index contributed by atoms with van der Waals surface area (Å²) in [5.41, 5.74) is 16.5. The molecule has 0 bridgehead atoms. The van der Waals surface area contributed by atoms with Crippen molar-refractivity contribution in [2.24, 2.45) is 0 Å². The molecule has 8 N–H and O–H groups in total. The Morgan fingerprint density at radius 1 is 0.635 bits per heavy atom. The molecule has 4 aromatic heterocycles. The van der Waals surface area contributed by atoms with Crippen molar-refractivity contribution < 1.29 is 55.7 Å². The van der Waals surface area contributed by atoms with Gasteiger partial charge in [-0.1, -0.05) is 0 Å². The number of pyridine rings is 4. The lowest BCUT2D eigenvalue weighted by molar-refractivity contribution is -0.133. The molecule has 2 fully saturated rings.